The molecule has 0 aliphatic rings. The molecule has 0 atom stereocenters. The van der Waals surface area contributed by atoms with Gasteiger partial charge in [-0.25, -0.2) is 4.39 Å². The van der Waals surface area contributed by atoms with Gasteiger partial charge in [-0.05, 0) is 24.6 Å². The lowest BCUT2D eigenvalue weighted by atomic mass is 9.98. The van der Waals surface area contributed by atoms with E-state index in [0.717, 1.165) is 6.07 Å². The van der Waals surface area contributed by atoms with Crippen molar-refractivity contribution >= 4 is 30.9 Å². The molecule has 0 spiro atoms. The van der Waals surface area contributed by atoms with E-state index in [0.29, 0.717) is 17.3 Å². The topological polar surface area (TPSA) is 38.1 Å². The Bertz CT molecular complexity index is 720. The molecule has 0 aliphatic carbocycles. The van der Waals surface area contributed by atoms with Gasteiger partial charge in [0.1, 0.15) is 13.7 Å². The third-order valence-corrected chi connectivity index (χ3v) is 3.92. The summed E-state index contributed by atoms with van der Waals surface area (Å²) in [6.45, 7) is 1.53. The van der Waals surface area contributed by atoms with Crippen molar-refractivity contribution in [1.29, 1.82) is 0 Å². The summed E-state index contributed by atoms with van der Waals surface area (Å²) >= 11 is 0.570. The predicted octanol–water partition coefficient (Wildman–Crippen LogP) is 3.83. The first-order chi connectivity index (χ1) is 10.8. The van der Waals surface area contributed by atoms with Gasteiger partial charge in [-0.15, -0.1) is 11.8 Å². The molecule has 0 bridgehead atoms. The molecule has 0 saturated heterocycles. The molecule has 118 valence electrons. The van der Waals surface area contributed by atoms with Gasteiger partial charge in [0.15, 0.2) is 0 Å². The first-order valence-corrected chi connectivity index (χ1v) is 7.35. The van der Waals surface area contributed by atoms with Crippen LogP contribution in [-0.4, -0.2) is 35.4 Å². The Hall–Kier alpha value is -1.90. The van der Waals surface area contributed by atoms with Crippen LogP contribution >= 0.6 is 11.8 Å². The second-order valence-corrected chi connectivity index (χ2v) is 5.58. The Morgan fingerprint density at radius 1 is 1.30 bits per heavy atom. The van der Waals surface area contributed by atoms with Gasteiger partial charge in [0.05, 0.1) is 23.3 Å². The minimum atomic E-state index is -4.31. The molecule has 9 heteroatoms. The number of aryl methyl sites for hydroxylation is 1. The highest BCUT2D eigenvalue weighted by Gasteiger charge is 2.27. The normalized spacial score (nSPS) is 12.5. The van der Waals surface area contributed by atoms with E-state index in [1.165, 1.54) is 31.6 Å². The summed E-state index contributed by atoms with van der Waals surface area (Å²) in [7, 11) is 5.72. The number of halogens is 4. The molecule has 3 nitrogen and oxygen atoms in total. The van der Waals surface area contributed by atoms with Crippen molar-refractivity contribution in [3.05, 3.63) is 47.8 Å². The molecule has 0 saturated carbocycles. The van der Waals surface area contributed by atoms with E-state index in [2.05, 4.69) is 15.0 Å². The highest BCUT2D eigenvalue weighted by Crippen LogP contribution is 2.33. The summed E-state index contributed by atoms with van der Waals surface area (Å²) in [5.41, 5.74) is 0.418. The molecule has 2 aromatic rings. The second kappa shape index (κ2) is 7.12. The molecule has 23 heavy (non-hydrogen) atoms. The van der Waals surface area contributed by atoms with Crippen LogP contribution in [0, 0.1) is 12.7 Å². The van der Waals surface area contributed by atoms with Crippen LogP contribution < -0.4 is 0 Å². The monoisotopic (exact) mass is 339 g/mol. The molecular formula is C14H10BF4N3S. The first-order valence-electron chi connectivity index (χ1n) is 6.36. The summed E-state index contributed by atoms with van der Waals surface area (Å²) in [5.74, 6) is -1.74. The molecule has 2 rings (SSSR count). The van der Waals surface area contributed by atoms with Crippen LogP contribution in [-0.2, 0) is 0 Å². The lowest BCUT2D eigenvalue weighted by molar-refractivity contribution is -0.105. The van der Waals surface area contributed by atoms with Crippen LogP contribution in [0.5, 0.6) is 0 Å². The molecule has 1 aromatic heterocycles. The number of hydrogen-bond acceptors (Lipinski definition) is 4. The second-order valence-electron chi connectivity index (χ2n) is 4.56. The number of benzene rings is 1. The summed E-state index contributed by atoms with van der Waals surface area (Å²) in [5, 5.41) is 0. The lowest BCUT2D eigenvalue weighted by Gasteiger charge is -2.10. The first kappa shape index (κ1) is 17.5. The molecule has 1 aromatic carbocycles. The third kappa shape index (κ3) is 5.06. The van der Waals surface area contributed by atoms with Crippen LogP contribution in [0.25, 0.3) is 0 Å². The lowest BCUT2D eigenvalue weighted by Crippen LogP contribution is -2.10. The van der Waals surface area contributed by atoms with Crippen molar-refractivity contribution in [1.82, 2.24) is 9.97 Å². The van der Waals surface area contributed by atoms with E-state index in [4.69, 9.17) is 7.85 Å². The Morgan fingerprint density at radius 3 is 2.65 bits per heavy atom. The van der Waals surface area contributed by atoms with Gasteiger partial charge in [0, 0.05) is 22.9 Å². The molecule has 0 unspecified atom stereocenters. The van der Waals surface area contributed by atoms with E-state index < -0.39 is 17.7 Å². The van der Waals surface area contributed by atoms with Crippen molar-refractivity contribution in [3.8, 4) is 0 Å². The van der Waals surface area contributed by atoms with Crippen LogP contribution in [0.4, 0.5) is 23.2 Å². The Labute approximate surface area is 135 Å². The number of aliphatic imine (C=N–C) groups is 1. The number of thioether (sulfide) groups is 1. The van der Waals surface area contributed by atoms with Gasteiger partial charge >= 0.3 is 6.18 Å². The Kier molecular flexibility index (Phi) is 5.40. The zero-order chi connectivity index (χ0) is 17.0. The van der Waals surface area contributed by atoms with Crippen LogP contribution in [0.1, 0.15) is 11.3 Å². The van der Waals surface area contributed by atoms with Crippen molar-refractivity contribution in [2.45, 2.75) is 18.0 Å². The zero-order valence-electron chi connectivity index (χ0n) is 11.9. The number of hydrogen-bond donors (Lipinski definition) is 0. The van der Waals surface area contributed by atoms with Crippen LogP contribution in [0.3, 0.4) is 0 Å². The van der Waals surface area contributed by atoms with Gasteiger partial charge in [-0.3, -0.25) is 15.0 Å². The van der Waals surface area contributed by atoms with Crippen molar-refractivity contribution in [2.24, 2.45) is 4.99 Å². The smallest absolute Gasteiger partial charge is 0.261 e. The van der Waals surface area contributed by atoms with Crippen molar-refractivity contribution in [3.63, 3.8) is 0 Å². The largest absolute Gasteiger partial charge is 0.398 e. The highest BCUT2D eigenvalue weighted by atomic mass is 32.2. The van der Waals surface area contributed by atoms with Crippen LogP contribution in [0.15, 0.2) is 40.6 Å². The number of rotatable bonds is 4. The Balaban J connectivity index is 2.32. The van der Waals surface area contributed by atoms with Crippen molar-refractivity contribution in [2.75, 3.05) is 5.75 Å². The van der Waals surface area contributed by atoms with Gasteiger partial charge in [0.25, 0.3) is 0 Å². The number of nitrogens with zero attached hydrogens (tertiary/aromatic N) is 3. The maximum Gasteiger partial charge on any atom is 0.398 e. The highest BCUT2D eigenvalue weighted by molar-refractivity contribution is 7.99. The van der Waals surface area contributed by atoms with E-state index >= 15 is 0 Å². The summed E-state index contributed by atoms with van der Waals surface area (Å²) in [6, 6.07) is 2.37. The minimum Gasteiger partial charge on any atom is -0.261 e. The van der Waals surface area contributed by atoms with E-state index in [1.54, 1.807) is 0 Å². The molecule has 0 fully saturated rings. The van der Waals surface area contributed by atoms with Gasteiger partial charge in [0.2, 0.25) is 0 Å². The molecule has 0 amide bonds. The summed E-state index contributed by atoms with van der Waals surface area (Å²) in [6.07, 6.45) is -0.124. The molecule has 2 radical (unpaired) electrons. The molecule has 1 heterocycles. The fraction of sp³-hybridized carbons (Fsp3) is 0.214. The third-order valence-electron chi connectivity index (χ3n) is 2.70. The number of aromatic nitrogens is 2. The summed E-state index contributed by atoms with van der Waals surface area (Å²) in [4.78, 5) is 11.9. The molecule has 0 N–H and O–H groups in total. The zero-order valence-corrected chi connectivity index (χ0v) is 12.7. The van der Waals surface area contributed by atoms with E-state index in [1.807, 2.05) is 0 Å². The standard InChI is InChI=1S/C14H10BF4N3S/c1-8-4-9(16)10(5-12(8)23-7-14(17,18)19)22-13(15)11-6-20-2-3-21-11/h2-6H,7H2,1H3. The van der Waals surface area contributed by atoms with E-state index in [9.17, 15) is 17.6 Å². The average molecular weight is 339 g/mol. The average Bonchev–Trinajstić information content (AvgIpc) is 2.48. The van der Waals surface area contributed by atoms with Crippen LogP contribution in [0.2, 0.25) is 0 Å². The fourth-order valence-electron chi connectivity index (χ4n) is 1.66. The predicted molar refractivity (Wildman–Crippen MR) is 81.9 cm³/mol. The summed E-state index contributed by atoms with van der Waals surface area (Å²) < 4.78 is 50.9. The van der Waals surface area contributed by atoms with Gasteiger partial charge < -0.3 is 0 Å². The van der Waals surface area contributed by atoms with Gasteiger partial charge in [-0.1, -0.05) is 0 Å². The quantitative estimate of drug-likeness (QED) is 0.368. The molecule has 0 aliphatic heterocycles. The Morgan fingerprint density at radius 2 is 2.04 bits per heavy atom. The SMILES string of the molecule is [B]C(=Nc1cc(SCC(F)(F)F)c(C)cc1F)c1cnccn1. The van der Waals surface area contributed by atoms with E-state index in [-0.39, 0.29) is 21.9 Å². The number of alkyl halides is 3. The maximum absolute atomic E-state index is 14.0. The van der Waals surface area contributed by atoms with Gasteiger partial charge in [-0.2, -0.15) is 13.2 Å². The maximum atomic E-state index is 14.0. The van der Waals surface area contributed by atoms with Crippen molar-refractivity contribution < 1.29 is 17.6 Å². The molecular weight excluding hydrogens is 329 g/mol. The fourth-order valence-corrected chi connectivity index (χ4v) is 2.46. The minimum absolute atomic E-state index is 0.0763.